The molecule has 5 heteroatoms. The summed E-state index contributed by atoms with van der Waals surface area (Å²) in [5, 5.41) is 7.50. The van der Waals surface area contributed by atoms with Crippen LogP contribution in [0.3, 0.4) is 0 Å². The average molecular weight is 251 g/mol. The van der Waals surface area contributed by atoms with Crippen molar-refractivity contribution in [3.63, 3.8) is 0 Å². The molecule has 2 rings (SSSR count). The van der Waals surface area contributed by atoms with E-state index in [1.807, 2.05) is 20.0 Å². The standard InChI is InChI=1S/C13H15F2N3/c1-3-16-7-10-8-18(17-9(10)2)11-4-5-12(14)13(15)6-11/h4-6,8,16H,3,7H2,1-2H3. The number of aryl methyl sites for hydroxylation is 1. The molecule has 0 unspecified atom stereocenters. The molecule has 96 valence electrons. The molecule has 0 radical (unpaired) electrons. The molecule has 0 amide bonds. The van der Waals surface area contributed by atoms with Crippen LogP contribution in [-0.4, -0.2) is 16.3 Å². The van der Waals surface area contributed by atoms with Gasteiger partial charge in [0.25, 0.3) is 0 Å². The van der Waals surface area contributed by atoms with Gasteiger partial charge in [-0.05, 0) is 25.6 Å². The Bertz CT molecular complexity index is 549. The van der Waals surface area contributed by atoms with E-state index in [2.05, 4.69) is 10.4 Å². The van der Waals surface area contributed by atoms with Gasteiger partial charge in [-0.25, -0.2) is 13.5 Å². The Kier molecular flexibility index (Phi) is 3.72. The highest BCUT2D eigenvalue weighted by atomic mass is 19.2. The van der Waals surface area contributed by atoms with Gasteiger partial charge in [0.05, 0.1) is 11.4 Å². The minimum Gasteiger partial charge on any atom is -0.313 e. The lowest BCUT2D eigenvalue weighted by Crippen LogP contribution is -2.11. The quantitative estimate of drug-likeness (QED) is 0.905. The summed E-state index contributed by atoms with van der Waals surface area (Å²) < 4.78 is 27.6. The molecule has 0 aliphatic carbocycles. The van der Waals surface area contributed by atoms with E-state index < -0.39 is 11.6 Å². The van der Waals surface area contributed by atoms with Crippen LogP contribution in [0.2, 0.25) is 0 Å². The van der Waals surface area contributed by atoms with Gasteiger partial charge in [0.2, 0.25) is 0 Å². The zero-order valence-electron chi connectivity index (χ0n) is 10.4. The van der Waals surface area contributed by atoms with Gasteiger partial charge in [-0.3, -0.25) is 0 Å². The van der Waals surface area contributed by atoms with Crippen LogP contribution < -0.4 is 5.32 Å². The molecule has 18 heavy (non-hydrogen) atoms. The van der Waals surface area contributed by atoms with Crippen LogP contribution in [0.1, 0.15) is 18.2 Å². The Morgan fingerprint density at radius 3 is 2.72 bits per heavy atom. The number of aromatic nitrogens is 2. The molecule has 0 spiro atoms. The summed E-state index contributed by atoms with van der Waals surface area (Å²) in [6, 6.07) is 3.74. The molecule has 1 heterocycles. The summed E-state index contributed by atoms with van der Waals surface area (Å²) >= 11 is 0. The van der Waals surface area contributed by atoms with Crippen LogP contribution in [-0.2, 0) is 6.54 Å². The Labute approximate surface area is 104 Å². The molecule has 0 saturated carbocycles. The van der Waals surface area contributed by atoms with Crippen LogP contribution in [0, 0.1) is 18.6 Å². The first-order valence-corrected chi connectivity index (χ1v) is 5.83. The minimum absolute atomic E-state index is 0.514. The minimum atomic E-state index is -0.867. The number of nitrogens with one attached hydrogen (secondary N) is 1. The van der Waals surface area contributed by atoms with E-state index in [9.17, 15) is 8.78 Å². The van der Waals surface area contributed by atoms with Crippen molar-refractivity contribution in [3.8, 4) is 5.69 Å². The maximum Gasteiger partial charge on any atom is 0.160 e. The fourth-order valence-corrected chi connectivity index (χ4v) is 1.69. The number of nitrogens with zero attached hydrogens (tertiary/aromatic N) is 2. The molecule has 1 N–H and O–H groups in total. The van der Waals surface area contributed by atoms with Crippen molar-refractivity contribution in [1.82, 2.24) is 15.1 Å². The van der Waals surface area contributed by atoms with Gasteiger partial charge in [-0.2, -0.15) is 5.10 Å². The van der Waals surface area contributed by atoms with Crippen LogP contribution >= 0.6 is 0 Å². The first-order chi connectivity index (χ1) is 8.61. The van der Waals surface area contributed by atoms with Crippen molar-refractivity contribution in [3.05, 3.63) is 47.3 Å². The second-order valence-electron chi connectivity index (χ2n) is 4.06. The third-order valence-corrected chi connectivity index (χ3v) is 2.73. The highest BCUT2D eigenvalue weighted by molar-refractivity contribution is 5.33. The normalized spacial score (nSPS) is 10.9. The lowest BCUT2D eigenvalue weighted by Gasteiger charge is -2.01. The maximum atomic E-state index is 13.1. The lowest BCUT2D eigenvalue weighted by molar-refractivity contribution is 0.507. The van der Waals surface area contributed by atoms with Gasteiger partial charge in [-0.1, -0.05) is 6.92 Å². The smallest absolute Gasteiger partial charge is 0.160 e. The van der Waals surface area contributed by atoms with Gasteiger partial charge in [0.15, 0.2) is 11.6 Å². The summed E-state index contributed by atoms with van der Waals surface area (Å²) in [5.74, 6) is -1.72. The molecule has 3 nitrogen and oxygen atoms in total. The van der Waals surface area contributed by atoms with Crippen LogP contribution in [0.15, 0.2) is 24.4 Å². The fourth-order valence-electron chi connectivity index (χ4n) is 1.69. The number of hydrogen-bond donors (Lipinski definition) is 1. The predicted octanol–water partition coefficient (Wildman–Crippen LogP) is 2.57. The zero-order valence-corrected chi connectivity index (χ0v) is 10.4. The summed E-state index contributed by atoms with van der Waals surface area (Å²) in [6.07, 6.45) is 1.82. The Morgan fingerprint density at radius 2 is 2.06 bits per heavy atom. The molecule has 0 saturated heterocycles. The fraction of sp³-hybridized carbons (Fsp3) is 0.308. The first-order valence-electron chi connectivity index (χ1n) is 5.83. The zero-order chi connectivity index (χ0) is 13.1. The molecule has 1 aromatic carbocycles. The Hall–Kier alpha value is -1.75. The van der Waals surface area contributed by atoms with Crippen LogP contribution in [0.5, 0.6) is 0 Å². The van der Waals surface area contributed by atoms with Crippen molar-refractivity contribution in [2.45, 2.75) is 20.4 Å². The molecule has 0 bridgehead atoms. The Balaban J connectivity index is 2.30. The number of halogens is 2. The van der Waals surface area contributed by atoms with Crippen molar-refractivity contribution < 1.29 is 8.78 Å². The van der Waals surface area contributed by atoms with E-state index in [1.54, 1.807) is 4.68 Å². The number of hydrogen-bond acceptors (Lipinski definition) is 2. The predicted molar refractivity (Wildman–Crippen MR) is 65.6 cm³/mol. The van der Waals surface area contributed by atoms with Gasteiger partial charge in [0.1, 0.15) is 0 Å². The first kappa shape index (κ1) is 12.7. The monoisotopic (exact) mass is 251 g/mol. The molecule has 0 aliphatic rings. The van der Waals surface area contributed by atoms with E-state index in [-0.39, 0.29) is 0 Å². The van der Waals surface area contributed by atoms with E-state index in [4.69, 9.17) is 0 Å². The van der Waals surface area contributed by atoms with Gasteiger partial charge in [0, 0.05) is 24.4 Å². The summed E-state index contributed by atoms with van der Waals surface area (Å²) in [5.41, 5.74) is 2.43. The number of benzene rings is 1. The summed E-state index contributed by atoms with van der Waals surface area (Å²) in [7, 11) is 0. The van der Waals surface area contributed by atoms with Crippen molar-refractivity contribution >= 4 is 0 Å². The third kappa shape index (κ3) is 2.56. The molecular weight excluding hydrogens is 236 g/mol. The molecule has 2 aromatic rings. The van der Waals surface area contributed by atoms with Crippen molar-refractivity contribution in [1.29, 1.82) is 0 Å². The van der Waals surface area contributed by atoms with E-state index in [0.29, 0.717) is 12.2 Å². The highest BCUT2D eigenvalue weighted by Crippen LogP contribution is 2.15. The second-order valence-corrected chi connectivity index (χ2v) is 4.06. The summed E-state index contributed by atoms with van der Waals surface area (Å²) in [6.45, 7) is 5.50. The molecule has 1 aromatic heterocycles. The van der Waals surface area contributed by atoms with Gasteiger partial charge in [-0.15, -0.1) is 0 Å². The summed E-state index contributed by atoms with van der Waals surface area (Å²) in [4.78, 5) is 0. The number of rotatable bonds is 4. The highest BCUT2D eigenvalue weighted by Gasteiger charge is 2.08. The van der Waals surface area contributed by atoms with E-state index >= 15 is 0 Å². The SMILES string of the molecule is CCNCc1cn(-c2ccc(F)c(F)c2)nc1C. The third-order valence-electron chi connectivity index (χ3n) is 2.73. The molecule has 0 fully saturated rings. The molecule has 0 atom stereocenters. The van der Waals surface area contributed by atoms with Crippen molar-refractivity contribution in [2.24, 2.45) is 0 Å². The second kappa shape index (κ2) is 5.27. The molecular formula is C13H15F2N3. The average Bonchev–Trinajstić information content (AvgIpc) is 2.72. The van der Waals surface area contributed by atoms with Crippen LogP contribution in [0.4, 0.5) is 8.78 Å². The van der Waals surface area contributed by atoms with E-state index in [0.717, 1.165) is 29.9 Å². The lowest BCUT2D eigenvalue weighted by atomic mass is 10.2. The topological polar surface area (TPSA) is 29.9 Å². The molecule has 0 aliphatic heterocycles. The Morgan fingerprint density at radius 1 is 1.28 bits per heavy atom. The van der Waals surface area contributed by atoms with E-state index in [1.165, 1.54) is 6.07 Å². The van der Waals surface area contributed by atoms with Crippen LogP contribution in [0.25, 0.3) is 5.69 Å². The largest absolute Gasteiger partial charge is 0.313 e. The van der Waals surface area contributed by atoms with Gasteiger partial charge >= 0.3 is 0 Å². The maximum absolute atomic E-state index is 13.1. The van der Waals surface area contributed by atoms with Crippen molar-refractivity contribution in [2.75, 3.05) is 6.54 Å². The van der Waals surface area contributed by atoms with Gasteiger partial charge < -0.3 is 5.32 Å².